The van der Waals surface area contributed by atoms with Gasteiger partial charge in [-0.3, -0.25) is 10.1 Å². The van der Waals surface area contributed by atoms with Crippen LogP contribution < -0.4 is 0 Å². The van der Waals surface area contributed by atoms with Crippen LogP contribution in [0, 0.1) is 10.1 Å². The summed E-state index contributed by atoms with van der Waals surface area (Å²) in [4.78, 5) is 9.74. The van der Waals surface area contributed by atoms with Gasteiger partial charge in [0.2, 0.25) is 0 Å². The smallest absolute Gasteiger partial charge is 0.258 e. The highest BCUT2D eigenvalue weighted by molar-refractivity contribution is 5.68. The SMILES string of the molecule is O=[N+]([O-])c1cc(-c2ccc(C(F)(F)F)cc2)cc(C(F)(F)F)c1. The van der Waals surface area contributed by atoms with Crippen molar-refractivity contribution in [3.63, 3.8) is 0 Å². The van der Waals surface area contributed by atoms with Crippen molar-refractivity contribution in [3.05, 3.63) is 63.7 Å². The lowest BCUT2D eigenvalue weighted by Crippen LogP contribution is -2.06. The standard InChI is InChI=1S/C14H7F6NO2/c15-13(16,17)10-3-1-8(2-4-10)9-5-11(14(18,19)20)7-12(6-9)21(22)23/h1-7H. The summed E-state index contributed by atoms with van der Waals surface area (Å²) in [5, 5.41) is 10.7. The zero-order valence-electron chi connectivity index (χ0n) is 11.1. The normalized spacial score (nSPS) is 12.3. The van der Waals surface area contributed by atoms with E-state index in [4.69, 9.17) is 0 Å². The van der Waals surface area contributed by atoms with E-state index in [1.807, 2.05) is 0 Å². The zero-order chi connectivity index (χ0) is 17.4. The molecule has 0 aliphatic rings. The van der Waals surface area contributed by atoms with Crippen molar-refractivity contribution in [1.82, 2.24) is 0 Å². The van der Waals surface area contributed by atoms with E-state index in [1.165, 1.54) is 0 Å². The van der Waals surface area contributed by atoms with E-state index in [0.29, 0.717) is 24.3 Å². The lowest BCUT2D eigenvalue weighted by atomic mass is 10.0. The predicted molar refractivity (Wildman–Crippen MR) is 68.5 cm³/mol. The second kappa shape index (κ2) is 5.56. The van der Waals surface area contributed by atoms with Gasteiger partial charge in [-0.25, -0.2) is 0 Å². The maximum Gasteiger partial charge on any atom is 0.416 e. The first kappa shape index (κ1) is 16.8. The average Bonchev–Trinajstić information content (AvgIpc) is 2.45. The van der Waals surface area contributed by atoms with Gasteiger partial charge in [0, 0.05) is 12.1 Å². The predicted octanol–water partition coefficient (Wildman–Crippen LogP) is 5.30. The minimum Gasteiger partial charge on any atom is -0.258 e. The molecule has 0 saturated heterocycles. The first-order valence-corrected chi connectivity index (χ1v) is 6.03. The number of hydrogen-bond donors (Lipinski definition) is 0. The van der Waals surface area contributed by atoms with Crippen LogP contribution in [0.2, 0.25) is 0 Å². The molecule has 2 aromatic rings. The number of non-ortho nitro benzene ring substituents is 1. The third-order valence-corrected chi connectivity index (χ3v) is 3.00. The van der Waals surface area contributed by atoms with E-state index in [2.05, 4.69) is 0 Å². The lowest BCUT2D eigenvalue weighted by Gasteiger charge is -2.11. The minimum atomic E-state index is -4.81. The molecule has 0 N–H and O–H groups in total. The molecule has 2 aromatic carbocycles. The Morgan fingerprint density at radius 1 is 0.739 bits per heavy atom. The highest BCUT2D eigenvalue weighted by Gasteiger charge is 2.33. The maximum atomic E-state index is 12.8. The van der Waals surface area contributed by atoms with Crippen molar-refractivity contribution in [3.8, 4) is 11.1 Å². The Morgan fingerprint density at radius 3 is 1.70 bits per heavy atom. The van der Waals surface area contributed by atoms with Crippen molar-refractivity contribution < 1.29 is 31.3 Å². The monoisotopic (exact) mass is 335 g/mol. The van der Waals surface area contributed by atoms with Crippen LogP contribution >= 0.6 is 0 Å². The molecule has 3 nitrogen and oxygen atoms in total. The number of benzene rings is 2. The Bertz CT molecular complexity index is 734. The first-order chi connectivity index (χ1) is 10.5. The Morgan fingerprint density at radius 2 is 1.26 bits per heavy atom. The molecule has 0 atom stereocenters. The quantitative estimate of drug-likeness (QED) is 0.425. The Kier molecular flexibility index (Phi) is 4.06. The van der Waals surface area contributed by atoms with Crippen LogP contribution in [0.4, 0.5) is 32.0 Å². The van der Waals surface area contributed by atoms with Crippen LogP contribution in [0.5, 0.6) is 0 Å². The van der Waals surface area contributed by atoms with Crippen LogP contribution in [0.1, 0.15) is 11.1 Å². The summed E-state index contributed by atoms with van der Waals surface area (Å²) in [6.45, 7) is 0. The summed E-state index contributed by atoms with van der Waals surface area (Å²) in [6.07, 6.45) is -9.40. The molecule has 0 aliphatic carbocycles. The van der Waals surface area contributed by atoms with Gasteiger partial charge in [-0.05, 0) is 29.3 Å². The van der Waals surface area contributed by atoms with Crippen molar-refractivity contribution in [2.75, 3.05) is 0 Å². The van der Waals surface area contributed by atoms with E-state index in [-0.39, 0.29) is 11.1 Å². The van der Waals surface area contributed by atoms with Crippen molar-refractivity contribution >= 4 is 5.69 Å². The van der Waals surface area contributed by atoms with Gasteiger partial charge in [0.05, 0.1) is 16.1 Å². The molecule has 0 aromatic heterocycles. The average molecular weight is 335 g/mol. The molecule has 0 radical (unpaired) electrons. The molecular weight excluding hydrogens is 328 g/mol. The molecule has 0 bridgehead atoms. The molecule has 0 aliphatic heterocycles. The van der Waals surface area contributed by atoms with Crippen LogP contribution in [0.25, 0.3) is 11.1 Å². The number of nitrogens with zero attached hydrogens (tertiary/aromatic N) is 1. The largest absolute Gasteiger partial charge is 0.416 e. The molecule has 23 heavy (non-hydrogen) atoms. The fourth-order valence-corrected chi connectivity index (χ4v) is 1.90. The van der Waals surface area contributed by atoms with Crippen LogP contribution in [-0.2, 0) is 12.4 Å². The van der Waals surface area contributed by atoms with E-state index < -0.39 is 34.1 Å². The van der Waals surface area contributed by atoms with Crippen LogP contribution in [0.15, 0.2) is 42.5 Å². The summed E-state index contributed by atoms with van der Waals surface area (Å²) in [5.41, 5.74) is -3.20. The fraction of sp³-hybridized carbons (Fsp3) is 0.143. The maximum absolute atomic E-state index is 12.8. The summed E-state index contributed by atoms with van der Waals surface area (Å²) < 4.78 is 75.8. The zero-order valence-corrected chi connectivity index (χ0v) is 11.1. The molecule has 0 heterocycles. The van der Waals surface area contributed by atoms with Gasteiger partial charge in [-0.15, -0.1) is 0 Å². The summed E-state index contributed by atoms with van der Waals surface area (Å²) in [5.74, 6) is 0. The van der Waals surface area contributed by atoms with Gasteiger partial charge < -0.3 is 0 Å². The third kappa shape index (κ3) is 3.79. The highest BCUT2D eigenvalue weighted by atomic mass is 19.4. The lowest BCUT2D eigenvalue weighted by molar-refractivity contribution is -0.385. The molecular formula is C14H7F6NO2. The number of halogens is 6. The molecule has 0 spiro atoms. The van der Waals surface area contributed by atoms with Crippen molar-refractivity contribution in [2.45, 2.75) is 12.4 Å². The van der Waals surface area contributed by atoms with Crippen LogP contribution in [0.3, 0.4) is 0 Å². The Hall–Kier alpha value is -2.58. The van der Waals surface area contributed by atoms with Gasteiger partial charge in [-0.1, -0.05) is 12.1 Å². The number of rotatable bonds is 2. The Balaban J connectivity index is 2.54. The molecule has 0 unspecified atom stereocenters. The van der Waals surface area contributed by atoms with Gasteiger partial charge in [0.15, 0.2) is 0 Å². The van der Waals surface area contributed by atoms with Crippen molar-refractivity contribution in [1.29, 1.82) is 0 Å². The van der Waals surface area contributed by atoms with Crippen LogP contribution in [-0.4, -0.2) is 4.92 Å². The summed E-state index contributed by atoms with van der Waals surface area (Å²) >= 11 is 0. The van der Waals surface area contributed by atoms with E-state index in [1.54, 1.807) is 0 Å². The highest BCUT2D eigenvalue weighted by Crippen LogP contribution is 2.36. The number of nitro groups is 1. The molecule has 0 fully saturated rings. The van der Waals surface area contributed by atoms with Gasteiger partial charge >= 0.3 is 12.4 Å². The number of hydrogen-bond acceptors (Lipinski definition) is 2. The summed E-state index contributed by atoms with van der Waals surface area (Å²) in [7, 11) is 0. The van der Waals surface area contributed by atoms with E-state index in [0.717, 1.165) is 18.2 Å². The second-order valence-electron chi connectivity index (χ2n) is 4.60. The molecule has 122 valence electrons. The van der Waals surface area contributed by atoms with Gasteiger partial charge in [0.25, 0.3) is 5.69 Å². The number of nitro benzene ring substituents is 1. The topological polar surface area (TPSA) is 43.1 Å². The number of alkyl halides is 6. The second-order valence-corrected chi connectivity index (χ2v) is 4.60. The van der Waals surface area contributed by atoms with Gasteiger partial charge in [-0.2, -0.15) is 26.3 Å². The van der Waals surface area contributed by atoms with E-state index in [9.17, 15) is 36.5 Å². The third-order valence-electron chi connectivity index (χ3n) is 3.00. The first-order valence-electron chi connectivity index (χ1n) is 6.03. The van der Waals surface area contributed by atoms with Gasteiger partial charge in [0.1, 0.15) is 0 Å². The minimum absolute atomic E-state index is 0.00667. The van der Waals surface area contributed by atoms with E-state index >= 15 is 0 Å². The molecule has 0 amide bonds. The Labute approximate surface area is 125 Å². The molecule has 2 rings (SSSR count). The van der Waals surface area contributed by atoms with Crippen molar-refractivity contribution in [2.24, 2.45) is 0 Å². The fourth-order valence-electron chi connectivity index (χ4n) is 1.90. The molecule has 0 saturated carbocycles. The summed E-state index contributed by atoms with van der Waals surface area (Å²) in [6, 6.07) is 5.20. The molecule has 9 heteroatoms.